The molecule has 0 aliphatic carbocycles. The van der Waals surface area contributed by atoms with Gasteiger partial charge in [0.15, 0.2) is 0 Å². The SMILES string of the molecule is CCCNC1CCCN(CC2(C)CCOCC2)C1. The highest BCUT2D eigenvalue weighted by Crippen LogP contribution is 2.31. The molecule has 1 unspecified atom stereocenters. The number of hydrogen-bond donors (Lipinski definition) is 1. The second kappa shape index (κ2) is 6.88. The Bertz CT molecular complexity index is 239. The van der Waals surface area contributed by atoms with E-state index in [4.69, 9.17) is 4.74 Å². The zero-order chi connectivity index (χ0) is 12.8. The fourth-order valence-corrected chi connectivity index (χ4v) is 3.28. The lowest BCUT2D eigenvalue weighted by atomic mass is 9.81. The van der Waals surface area contributed by atoms with Crippen LogP contribution in [0.15, 0.2) is 0 Å². The predicted octanol–water partition coefficient (Wildman–Crippen LogP) is 2.27. The highest BCUT2D eigenvalue weighted by atomic mass is 16.5. The molecule has 0 spiro atoms. The summed E-state index contributed by atoms with van der Waals surface area (Å²) in [7, 11) is 0. The smallest absolute Gasteiger partial charge is 0.0471 e. The quantitative estimate of drug-likeness (QED) is 0.814. The van der Waals surface area contributed by atoms with Gasteiger partial charge in [-0.1, -0.05) is 13.8 Å². The molecule has 0 aromatic heterocycles. The van der Waals surface area contributed by atoms with E-state index in [2.05, 4.69) is 24.1 Å². The number of nitrogens with zero attached hydrogens (tertiary/aromatic N) is 1. The van der Waals surface area contributed by atoms with E-state index in [1.54, 1.807) is 0 Å². The van der Waals surface area contributed by atoms with E-state index in [0.717, 1.165) is 19.3 Å². The lowest BCUT2D eigenvalue weighted by Gasteiger charge is -2.41. The molecule has 106 valence electrons. The molecule has 0 aromatic rings. The number of likely N-dealkylation sites (tertiary alicyclic amines) is 1. The average molecular weight is 254 g/mol. The van der Waals surface area contributed by atoms with Crippen LogP contribution in [-0.4, -0.2) is 50.3 Å². The van der Waals surface area contributed by atoms with E-state index < -0.39 is 0 Å². The number of hydrogen-bond acceptors (Lipinski definition) is 3. The van der Waals surface area contributed by atoms with E-state index in [1.165, 1.54) is 58.3 Å². The Morgan fingerprint density at radius 1 is 1.33 bits per heavy atom. The summed E-state index contributed by atoms with van der Waals surface area (Å²) in [6.45, 7) is 11.6. The van der Waals surface area contributed by atoms with Crippen LogP contribution in [0, 0.1) is 5.41 Å². The summed E-state index contributed by atoms with van der Waals surface area (Å²) in [6.07, 6.45) is 6.42. The van der Waals surface area contributed by atoms with Crippen LogP contribution in [0.25, 0.3) is 0 Å². The average Bonchev–Trinajstić information content (AvgIpc) is 2.37. The van der Waals surface area contributed by atoms with Crippen molar-refractivity contribution in [3.63, 3.8) is 0 Å². The molecule has 2 rings (SSSR count). The summed E-state index contributed by atoms with van der Waals surface area (Å²) in [5, 5.41) is 3.68. The first-order valence-corrected chi connectivity index (χ1v) is 7.75. The Labute approximate surface area is 112 Å². The van der Waals surface area contributed by atoms with Gasteiger partial charge in [-0.05, 0) is 50.6 Å². The summed E-state index contributed by atoms with van der Waals surface area (Å²) in [5.74, 6) is 0. The Hall–Kier alpha value is -0.120. The number of nitrogens with one attached hydrogen (secondary N) is 1. The van der Waals surface area contributed by atoms with Crippen LogP contribution in [0.5, 0.6) is 0 Å². The van der Waals surface area contributed by atoms with Crippen molar-refractivity contribution in [2.75, 3.05) is 39.4 Å². The standard InChI is InChI=1S/C15H30N2O/c1-3-8-16-14-5-4-9-17(12-14)13-15(2)6-10-18-11-7-15/h14,16H,3-13H2,1-2H3. The van der Waals surface area contributed by atoms with E-state index in [0.29, 0.717) is 5.41 Å². The molecule has 2 fully saturated rings. The second-order valence-corrected chi connectivity index (χ2v) is 6.45. The van der Waals surface area contributed by atoms with Crippen molar-refractivity contribution in [2.45, 2.75) is 52.0 Å². The maximum Gasteiger partial charge on any atom is 0.0471 e. The lowest BCUT2D eigenvalue weighted by Crippen LogP contribution is -2.49. The van der Waals surface area contributed by atoms with Gasteiger partial charge in [-0.15, -0.1) is 0 Å². The Balaban J connectivity index is 1.77. The van der Waals surface area contributed by atoms with Crippen LogP contribution >= 0.6 is 0 Å². The molecule has 2 aliphatic heterocycles. The van der Waals surface area contributed by atoms with Crippen LogP contribution in [-0.2, 0) is 4.74 Å². The lowest BCUT2D eigenvalue weighted by molar-refractivity contribution is 0.0000232. The fourth-order valence-electron chi connectivity index (χ4n) is 3.28. The Morgan fingerprint density at radius 3 is 2.83 bits per heavy atom. The molecular weight excluding hydrogens is 224 g/mol. The minimum Gasteiger partial charge on any atom is -0.381 e. The first kappa shape index (κ1) is 14.3. The maximum atomic E-state index is 5.50. The molecule has 0 radical (unpaired) electrons. The summed E-state index contributed by atoms with van der Waals surface area (Å²) in [5.41, 5.74) is 0.491. The van der Waals surface area contributed by atoms with Crippen LogP contribution < -0.4 is 5.32 Å². The van der Waals surface area contributed by atoms with Gasteiger partial charge in [-0.25, -0.2) is 0 Å². The summed E-state index contributed by atoms with van der Waals surface area (Å²) in [6, 6.07) is 0.724. The third kappa shape index (κ3) is 4.22. The zero-order valence-corrected chi connectivity index (χ0v) is 12.2. The predicted molar refractivity (Wildman–Crippen MR) is 75.9 cm³/mol. The van der Waals surface area contributed by atoms with Gasteiger partial charge in [0.05, 0.1) is 0 Å². The van der Waals surface area contributed by atoms with Crippen LogP contribution in [0.2, 0.25) is 0 Å². The third-order valence-electron chi connectivity index (χ3n) is 4.49. The summed E-state index contributed by atoms with van der Waals surface area (Å²) >= 11 is 0. The largest absolute Gasteiger partial charge is 0.381 e. The molecule has 2 aliphatic rings. The minimum absolute atomic E-state index is 0.491. The van der Waals surface area contributed by atoms with Gasteiger partial charge in [-0.2, -0.15) is 0 Å². The Morgan fingerprint density at radius 2 is 2.11 bits per heavy atom. The maximum absolute atomic E-state index is 5.50. The van der Waals surface area contributed by atoms with Gasteiger partial charge in [0.1, 0.15) is 0 Å². The zero-order valence-electron chi connectivity index (χ0n) is 12.2. The van der Waals surface area contributed by atoms with Crippen molar-refractivity contribution in [3.8, 4) is 0 Å². The van der Waals surface area contributed by atoms with E-state index in [-0.39, 0.29) is 0 Å². The molecule has 0 saturated carbocycles. The summed E-state index contributed by atoms with van der Waals surface area (Å²) < 4.78 is 5.50. The molecule has 0 bridgehead atoms. The van der Waals surface area contributed by atoms with Crippen LogP contribution in [0.3, 0.4) is 0 Å². The first-order chi connectivity index (χ1) is 8.72. The fraction of sp³-hybridized carbons (Fsp3) is 1.00. The second-order valence-electron chi connectivity index (χ2n) is 6.45. The van der Waals surface area contributed by atoms with Crippen molar-refractivity contribution in [2.24, 2.45) is 5.41 Å². The molecule has 2 saturated heterocycles. The molecule has 0 amide bonds. The van der Waals surface area contributed by atoms with Gasteiger partial charge >= 0.3 is 0 Å². The molecule has 3 heteroatoms. The van der Waals surface area contributed by atoms with Crippen molar-refractivity contribution in [3.05, 3.63) is 0 Å². The van der Waals surface area contributed by atoms with Gasteiger partial charge in [0.2, 0.25) is 0 Å². The summed E-state index contributed by atoms with van der Waals surface area (Å²) in [4.78, 5) is 2.68. The monoisotopic (exact) mass is 254 g/mol. The van der Waals surface area contributed by atoms with E-state index in [9.17, 15) is 0 Å². The molecule has 2 heterocycles. The normalized spacial score (nSPS) is 29.3. The number of piperidine rings is 1. The van der Waals surface area contributed by atoms with Gasteiger partial charge in [-0.3, -0.25) is 0 Å². The van der Waals surface area contributed by atoms with Crippen molar-refractivity contribution >= 4 is 0 Å². The number of rotatable bonds is 5. The topological polar surface area (TPSA) is 24.5 Å². The minimum atomic E-state index is 0.491. The molecule has 1 atom stereocenters. The molecule has 1 N–H and O–H groups in total. The van der Waals surface area contributed by atoms with Gasteiger partial charge in [0, 0.05) is 32.3 Å². The van der Waals surface area contributed by atoms with Crippen LogP contribution in [0.1, 0.15) is 46.0 Å². The van der Waals surface area contributed by atoms with E-state index in [1.807, 2.05) is 0 Å². The highest BCUT2D eigenvalue weighted by molar-refractivity contribution is 4.85. The number of ether oxygens (including phenoxy) is 1. The molecular formula is C15H30N2O. The van der Waals surface area contributed by atoms with Crippen molar-refractivity contribution in [1.82, 2.24) is 10.2 Å². The molecule has 0 aromatic carbocycles. The van der Waals surface area contributed by atoms with E-state index >= 15 is 0 Å². The van der Waals surface area contributed by atoms with Crippen LogP contribution in [0.4, 0.5) is 0 Å². The Kier molecular flexibility index (Phi) is 5.46. The first-order valence-electron chi connectivity index (χ1n) is 7.75. The highest BCUT2D eigenvalue weighted by Gasteiger charge is 2.31. The molecule has 3 nitrogen and oxygen atoms in total. The third-order valence-corrected chi connectivity index (χ3v) is 4.49. The van der Waals surface area contributed by atoms with Gasteiger partial charge in [0.25, 0.3) is 0 Å². The van der Waals surface area contributed by atoms with Crippen molar-refractivity contribution < 1.29 is 4.74 Å². The van der Waals surface area contributed by atoms with Crippen molar-refractivity contribution in [1.29, 1.82) is 0 Å². The molecule has 18 heavy (non-hydrogen) atoms. The van der Waals surface area contributed by atoms with Gasteiger partial charge < -0.3 is 15.0 Å².